The normalized spacial score (nSPS) is 12.2. The molecule has 0 saturated carbocycles. The number of aromatic nitrogens is 2. The Balaban J connectivity index is 1.97. The van der Waals surface area contributed by atoms with Crippen molar-refractivity contribution in [1.29, 1.82) is 0 Å². The third-order valence-corrected chi connectivity index (χ3v) is 3.91. The zero-order valence-electron chi connectivity index (χ0n) is 14.8. The van der Waals surface area contributed by atoms with E-state index in [2.05, 4.69) is 10.4 Å². The standard InChI is InChI=1S/C20H22FN3O2/c1-14(25)12-22-13-19-15(2)23-24(17-6-4-3-5-7-17)20(19)26-18-10-8-16(21)9-11-18/h3-11,14,22,25H,12-13H2,1-2H3/t14-/m0/s1. The number of para-hydroxylation sites is 1. The van der Waals surface area contributed by atoms with Crippen LogP contribution >= 0.6 is 0 Å². The Morgan fingerprint density at radius 3 is 2.50 bits per heavy atom. The Morgan fingerprint density at radius 1 is 1.15 bits per heavy atom. The van der Waals surface area contributed by atoms with Gasteiger partial charge in [-0.15, -0.1) is 0 Å². The zero-order chi connectivity index (χ0) is 18.5. The molecule has 26 heavy (non-hydrogen) atoms. The van der Waals surface area contributed by atoms with Crippen molar-refractivity contribution < 1.29 is 14.2 Å². The number of benzene rings is 2. The largest absolute Gasteiger partial charge is 0.439 e. The molecule has 0 bridgehead atoms. The van der Waals surface area contributed by atoms with Gasteiger partial charge in [0.25, 0.3) is 0 Å². The van der Waals surface area contributed by atoms with Crippen molar-refractivity contribution in [1.82, 2.24) is 15.1 Å². The number of aryl methyl sites for hydroxylation is 1. The Bertz CT molecular complexity index is 845. The third kappa shape index (κ3) is 4.28. The van der Waals surface area contributed by atoms with Crippen LogP contribution in [0.5, 0.6) is 11.6 Å². The number of halogens is 1. The van der Waals surface area contributed by atoms with Gasteiger partial charge in [-0.05, 0) is 50.2 Å². The summed E-state index contributed by atoms with van der Waals surface area (Å²) in [6.45, 7) is 4.60. The summed E-state index contributed by atoms with van der Waals surface area (Å²) in [5.74, 6) is 0.780. The van der Waals surface area contributed by atoms with E-state index in [-0.39, 0.29) is 5.82 Å². The summed E-state index contributed by atoms with van der Waals surface area (Å²) in [6.07, 6.45) is -0.444. The quantitative estimate of drug-likeness (QED) is 0.680. The Hall–Kier alpha value is -2.70. The number of aliphatic hydroxyl groups excluding tert-OH is 1. The maximum atomic E-state index is 13.2. The molecule has 1 aromatic heterocycles. The number of hydrogen-bond acceptors (Lipinski definition) is 4. The molecule has 2 aromatic carbocycles. The van der Waals surface area contributed by atoms with Gasteiger partial charge in [-0.25, -0.2) is 9.07 Å². The van der Waals surface area contributed by atoms with Gasteiger partial charge in [0.1, 0.15) is 11.6 Å². The molecule has 0 radical (unpaired) electrons. The molecule has 0 aliphatic rings. The molecule has 0 spiro atoms. The SMILES string of the molecule is Cc1nn(-c2ccccc2)c(Oc2ccc(F)cc2)c1CNC[C@H](C)O. The second kappa shape index (κ2) is 8.12. The lowest BCUT2D eigenvalue weighted by atomic mass is 10.2. The van der Waals surface area contributed by atoms with Crippen molar-refractivity contribution >= 4 is 0 Å². The first-order valence-electron chi connectivity index (χ1n) is 8.50. The van der Waals surface area contributed by atoms with E-state index in [4.69, 9.17) is 4.74 Å². The lowest BCUT2D eigenvalue weighted by Crippen LogP contribution is -2.24. The fourth-order valence-electron chi connectivity index (χ4n) is 2.61. The first-order valence-corrected chi connectivity index (χ1v) is 8.50. The summed E-state index contributed by atoms with van der Waals surface area (Å²) in [7, 11) is 0. The zero-order valence-corrected chi connectivity index (χ0v) is 14.8. The predicted molar refractivity (Wildman–Crippen MR) is 98.2 cm³/mol. The Labute approximate surface area is 152 Å². The second-order valence-electron chi connectivity index (χ2n) is 6.15. The number of nitrogens with one attached hydrogen (secondary N) is 1. The highest BCUT2D eigenvalue weighted by molar-refractivity contribution is 5.43. The third-order valence-electron chi connectivity index (χ3n) is 3.91. The maximum Gasteiger partial charge on any atom is 0.227 e. The fourth-order valence-corrected chi connectivity index (χ4v) is 2.61. The van der Waals surface area contributed by atoms with Crippen LogP contribution in [0.2, 0.25) is 0 Å². The van der Waals surface area contributed by atoms with E-state index in [0.717, 1.165) is 16.9 Å². The monoisotopic (exact) mass is 355 g/mol. The lowest BCUT2D eigenvalue weighted by Gasteiger charge is -2.12. The molecule has 0 saturated heterocycles. The van der Waals surface area contributed by atoms with Gasteiger partial charge >= 0.3 is 0 Å². The minimum atomic E-state index is -0.444. The Morgan fingerprint density at radius 2 is 1.85 bits per heavy atom. The maximum absolute atomic E-state index is 13.2. The molecule has 2 N–H and O–H groups in total. The van der Waals surface area contributed by atoms with Gasteiger partial charge in [-0.2, -0.15) is 5.10 Å². The average Bonchev–Trinajstić information content (AvgIpc) is 2.93. The van der Waals surface area contributed by atoms with Crippen LogP contribution in [0.4, 0.5) is 4.39 Å². The molecular weight excluding hydrogens is 333 g/mol. The van der Waals surface area contributed by atoms with Gasteiger partial charge in [0.2, 0.25) is 5.88 Å². The van der Waals surface area contributed by atoms with Crippen LogP contribution in [0.3, 0.4) is 0 Å². The number of hydrogen-bond donors (Lipinski definition) is 2. The fraction of sp³-hybridized carbons (Fsp3) is 0.250. The summed E-state index contributed by atoms with van der Waals surface area (Å²) < 4.78 is 21.0. The molecule has 6 heteroatoms. The smallest absolute Gasteiger partial charge is 0.227 e. The van der Waals surface area contributed by atoms with Crippen molar-refractivity contribution in [2.75, 3.05) is 6.54 Å². The minimum Gasteiger partial charge on any atom is -0.439 e. The highest BCUT2D eigenvalue weighted by Crippen LogP contribution is 2.30. The first kappa shape index (κ1) is 18.1. The summed E-state index contributed by atoms with van der Waals surface area (Å²) in [4.78, 5) is 0. The van der Waals surface area contributed by atoms with Gasteiger partial charge < -0.3 is 15.2 Å². The number of rotatable bonds is 7. The van der Waals surface area contributed by atoms with Crippen LogP contribution in [-0.2, 0) is 6.54 Å². The molecule has 0 fully saturated rings. The van der Waals surface area contributed by atoms with E-state index in [1.54, 1.807) is 23.7 Å². The molecule has 5 nitrogen and oxygen atoms in total. The Kier molecular flexibility index (Phi) is 5.65. The minimum absolute atomic E-state index is 0.316. The molecule has 0 unspecified atom stereocenters. The lowest BCUT2D eigenvalue weighted by molar-refractivity contribution is 0.191. The van der Waals surface area contributed by atoms with E-state index in [1.807, 2.05) is 37.3 Å². The molecule has 0 aliphatic heterocycles. The van der Waals surface area contributed by atoms with E-state index >= 15 is 0 Å². The van der Waals surface area contributed by atoms with Crippen molar-refractivity contribution in [3.05, 3.63) is 71.7 Å². The van der Waals surface area contributed by atoms with Crippen LogP contribution in [0, 0.1) is 12.7 Å². The average molecular weight is 355 g/mol. The van der Waals surface area contributed by atoms with E-state index < -0.39 is 6.10 Å². The molecule has 1 atom stereocenters. The topological polar surface area (TPSA) is 59.3 Å². The summed E-state index contributed by atoms with van der Waals surface area (Å²) in [6, 6.07) is 15.6. The van der Waals surface area contributed by atoms with E-state index in [1.165, 1.54) is 12.1 Å². The summed E-state index contributed by atoms with van der Waals surface area (Å²) in [5, 5.41) is 17.3. The highest BCUT2D eigenvalue weighted by Gasteiger charge is 2.18. The van der Waals surface area contributed by atoms with Gasteiger partial charge in [-0.1, -0.05) is 18.2 Å². The van der Waals surface area contributed by atoms with Gasteiger partial charge in [0.05, 0.1) is 23.0 Å². The van der Waals surface area contributed by atoms with Gasteiger partial charge in [-0.3, -0.25) is 0 Å². The van der Waals surface area contributed by atoms with Gasteiger partial charge in [0, 0.05) is 13.1 Å². The van der Waals surface area contributed by atoms with Crippen LogP contribution in [0.25, 0.3) is 5.69 Å². The van der Waals surface area contributed by atoms with Crippen molar-refractivity contribution in [3.63, 3.8) is 0 Å². The summed E-state index contributed by atoms with van der Waals surface area (Å²) in [5.41, 5.74) is 2.58. The molecule has 3 aromatic rings. The van der Waals surface area contributed by atoms with Crippen LogP contribution in [0.15, 0.2) is 54.6 Å². The number of aliphatic hydroxyl groups is 1. The molecular formula is C20H22FN3O2. The van der Waals surface area contributed by atoms with Gasteiger partial charge in [0.15, 0.2) is 0 Å². The van der Waals surface area contributed by atoms with Crippen molar-refractivity contribution in [2.45, 2.75) is 26.5 Å². The summed E-state index contributed by atoms with van der Waals surface area (Å²) >= 11 is 0. The molecule has 136 valence electrons. The van der Waals surface area contributed by atoms with Crippen LogP contribution in [-0.4, -0.2) is 27.5 Å². The van der Waals surface area contributed by atoms with Crippen LogP contribution in [0.1, 0.15) is 18.2 Å². The molecule has 0 aliphatic carbocycles. The first-order chi connectivity index (χ1) is 12.5. The molecule has 3 rings (SSSR count). The predicted octanol–water partition coefficient (Wildman–Crippen LogP) is 3.58. The second-order valence-corrected chi connectivity index (χ2v) is 6.15. The highest BCUT2D eigenvalue weighted by atomic mass is 19.1. The van der Waals surface area contributed by atoms with Crippen molar-refractivity contribution in [2.24, 2.45) is 0 Å². The molecule has 0 amide bonds. The molecule has 1 heterocycles. The van der Waals surface area contributed by atoms with E-state index in [9.17, 15) is 9.50 Å². The van der Waals surface area contributed by atoms with E-state index in [0.29, 0.717) is 24.7 Å². The van der Waals surface area contributed by atoms with Crippen LogP contribution < -0.4 is 10.1 Å². The van der Waals surface area contributed by atoms with Crippen molar-refractivity contribution in [3.8, 4) is 17.3 Å². The number of nitrogens with zero attached hydrogens (tertiary/aromatic N) is 2. The number of ether oxygens (including phenoxy) is 1.